The molecule has 0 fully saturated rings. The molecule has 0 atom stereocenters. The Kier molecular flexibility index (Phi) is 4.77. The third kappa shape index (κ3) is 3.32. The molecule has 0 aliphatic rings. The van der Waals surface area contributed by atoms with Crippen molar-refractivity contribution in [3.63, 3.8) is 0 Å². The second-order valence-electron chi connectivity index (χ2n) is 4.36. The molecule has 21 heavy (non-hydrogen) atoms. The van der Waals surface area contributed by atoms with Gasteiger partial charge in [-0.15, -0.1) is 0 Å². The van der Waals surface area contributed by atoms with Crippen LogP contribution in [0, 0.1) is 6.92 Å². The summed E-state index contributed by atoms with van der Waals surface area (Å²) < 4.78 is 27.5. The van der Waals surface area contributed by atoms with Gasteiger partial charge in [0.2, 0.25) is 0 Å². The van der Waals surface area contributed by atoms with E-state index in [1.165, 1.54) is 0 Å². The minimum Gasteiger partial charge on any atom is -0.314 e. The number of anilines is 1. The molecule has 0 bridgehead atoms. The third-order valence-electron chi connectivity index (χ3n) is 2.77. The maximum atomic E-state index is 12.5. The highest BCUT2D eigenvalue weighted by molar-refractivity contribution is 7.92. The highest BCUT2D eigenvalue weighted by Gasteiger charge is 2.25. The van der Waals surface area contributed by atoms with E-state index in [9.17, 15) is 8.42 Å². The van der Waals surface area contributed by atoms with E-state index in [4.69, 9.17) is 23.2 Å². The van der Waals surface area contributed by atoms with Crippen LogP contribution in [0.4, 0.5) is 5.69 Å². The fraction of sp³-hybridized carbons (Fsp3) is 0.250. The first-order valence-electron chi connectivity index (χ1n) is 6.02. The summed E-state index contributed by atoms with van der Waals surface area (Å²) in [4.78, 5) is 0.105. The molecule has 0 spiro atoms. The normalized spacial score (nSPS) is 11.6. The average Bonchev–Trinajstić information content (AvgIpc) is 2.77. The minimum absolute atomic E-state index is 0.105. The zero-order valence-electron chi connectivity index (χ0n) is 11.4. The van der Waals surface area contributed by atoms with Gasteiger partial charge in [0, 0.05) is 6.54 Å². The van der Waals surface area contributed by atoms with E-state index in [2.05, 4.69) is 20.2 Å². The highest BCUT2D eigenvalue weighted by Crippen LogP contribution is 2.31. The summed E-state index contributed by atoms with van der Waals surface area (Å²) in [5, 5.41) is 9.96. The van der Waals surface area contributed by atoms with Gasteiger partial charge >= 0.3 is 0 Å². The number of nitrogens with zero attached hydrogens (tertiary/aromatic N) is 1. The summed E-state index contributed by atoms with van der Waals surface area (Å²) in [7, 11) is -2.11. The third-order valence-corrected chi connectivity index (χ3v) is 5.16. The van der Waals surface area contributed by atoms with Gasteiger partial charge in [-0.3, -0.25) is 9.82 Å². The van der Waals surface area contributed by atoms with Crippen LogP contribution in [0.3, 0.4) is 0 Å². The Balaban J connectivity index is 2.44. The smallest absolute Gasteiger partial charge is 0.265 e. The van der Waals surface area contributed by atoms with Crippen LogP contribution >= 0.6 is 23.2 Å². The maximum Gasteiger partial charge on any atom is 0.265 e. The molecule has 6 nitrogen and oxygen atoms in total. The summed E-state index contributed by atoms with van der Waals surface area (Å²) >= 11 is 11.9. The predicted octanol–water partition coefficient (Wildman–Crippen LogP) is 2.55. The van der Waals surface area contributed by atoms with Crippen molar-refractivity contribution in [1.82, 2.24) is 15.5 Å². The lowest BCUT2D eigenvalue weighted by atomic mass is 10.3. The zero-order chi connectivity index (χ0) is 15.6. The van der Waals surface area contributed by atoms with Gasteiger partial charge in [-0.1, -0.05) is 29.3 Å². The molecule has 1 aromatic carbocycles. The molecule has 0 aliphatic heterocycles. The van der Waals surface area contributed by atoms with E-state index in [0.29, 0.717) is 17.9 Å². The van der Waals surface area contributed by atoms with E-state index in [1.54, 1.807) is 32.2 Å². The number of halogens is 2. The number of rotatable bonds is 5. The van der Waals surface area contributed by atoms with E-state index in [1.807, 2.05) is 0 Å². The molecule has 2 aromatic rings. The second kappa shape index (κ2) is 6.23. The molecular formula is C12H14Cl2N4O2S. The van der Waals surface area contributed by atoms with Crippen molar-refractivity contribution in [3.8, 4) is 0 Å². The van der Waals surface area contributed by atoms with Crippen molar-refractivity contribution >= 4 is 38.9 Å². The van der Waals surface area contributed by atoms with Crippen molar-refractivity contribution in [2.45, 2.75) is 18.4 Å². The molecule has 0 radical (unpaired) electrons. The highest BCUT2D eigenvalue weighted by atomic mass is 35.5. The topological polar surface area (TPSA) is 86.9 Å². The molecule has 2 rings (SSSR count). The molecule has 9 heteroatoms. The summed E-state index contributed by atoms with van der Waals surface area (Å²) in [5.41, 5.74) is 1.08. The van der Waals surface area contributed by atoms with Gasteiger partial charge in [-0.05, 0) is 26.1 Å². The Morgan fingerprint density at radius 1 is 1.33 bits per heavy atom. The zero-order valence-corrected chi connectivity index (χ0v) is 13.7. The van der Waals surface area contributed by atoms with Crippen LogP contribution in [-0.2, 0) is 16.6 Å². The summed E-state index contributed by atoms with van der Waals surface area (Å²) in [5.74, 6) is 0. The quantitative estimate of drug-likeness (QED) is 0.774. The number of sulfonamides is 1. The Labute approximate surface area is 132 Å². The average molecular weight is 349 g/mol. The molecular weight excluding hydrogens is 335 g/mol. The van der Waals surface area contributed by atoms with Crippen LogP contribution in [0.15, 0.2) is 23.1 Å². The fourth-order valence-electron chi connectivity index (χ4n) is 1.89. The molecule has 1 aromatic heterocycles. The molecule has 0 saturated carbocycles. The molecule has 114 valence electrons. The number of aromatic amines is 1. The SMILES string of the molecule is CNCc1n[nH]c(C)c1S(=O)(=O)Nc1cccc(Cl)c1Cl. The van der Waals surface area contributed by atoms with Gasteiger partial charge in [0.15, 0.2) is 0 Å². The first-order chi connectivity index (χ1) is 9.86. The Morgan fingerprint density at radius 2 is 2.05 bits per heavy atom. The molecule has 3 N–H and O–H groups in total. The monoisotopic (exact) mass is 348 g/mol. The van der Waals surface area contributed by atoms with Gasteiger partial charge in [-0.25, -0.2) is 8.42 Å². The largest absolute Gasteiger partial charge is 0.314 e. The number of hydrogen-bond donors (Lipinski definition) is 3. The Hall–Kier alpha value is -1.28. The van der Waals surface area contributed by atoms with Crippen molar-refractivity contribution in [2.24, 2.45) is 0 Å². The van der Waals surface area contributed by atoms with Gasteiger partial charge in [-0.2, -0.15) is 5.10 Å². The Bertz CT molecular complexity index is 759. The van der Waals surface area contributed by atoms with E-state index in [0.717, 1.165) is 0 Å². The van der Waals surface area contributed by atoms with E-state index < -0.39 is 10.0 Å². The number of benzene rings is 1. The standard InChI is InChI=1S/C12H14Cl2N4O2S/c1-7-12(10(6-15-2)17-16-7)21(19,20)18-9-5-3-4-8(13)11(9)14/h3-5,15,18H,6H2,1-2H3,(H,16,17). The van der Waals surface area contributed by atoms with Crippen LogP contribution in [0.1, 0.15) is 11.4 Å². The number of hydrogen-bond acceptors (Lipinski definition) is 4. The lowest BCUT2D eigenvalue weighted by Crippen LogP contribution is -2.17. The molecule has 0 amide bonds. The van der Waals surface area contributed by atoms with Crippen LogP contribution in [0.25, 0.3) is 0 Å². The Morgan fingerprint density at radius 3 is 2.71 bits per heavy atom. The van der Waals surface area contributed by atoms with Crippen molar-refractivity contribution in [2.75, 3.05) is 11.8 Å². The van der Waals surface area contributed by atoms with Crippen LogP contribution in [-0.4, -0.2) is 25.7 Å². The molecule has 0 saturated heterocycles. The number of aromatic nitrogens is 2. The number of aryl methyl sites for hydroxylation is 1. The first kappa shape index (κ1) is 16.1. The van der Waals surface area contributed by atoms with Gasteiger partial charge < -0.3 is 5.32 Å². The maximum absolute atomic E-state index is 12.5. The molecule has 0 unspecified atom stereocenters. The van der Waals surface area contributed by atoms with Crippen LogP contribution in [0.5, 0.6) is 0 Å². The van der Waals surface area contributed by atoms with Gasteiger partial charge in [0.05, 0.1) is 27.1 Å². The minimum atomic E-state index is -3.82. The van der Waals surface area contributed by atoms with Gasteiger partial charge in [0.25, 0.3) is 10.0 Å². The predicted molar refractivity (Wildman–Crippen MR) is 83.4 cm³/mol. The lowest BCUT2D eigenvalue weighted by Gasteiger charge is -2.11. The summed E-state index contributed by atoms with van der Waals surface area (Å²) in [6, 6.07) is 4.74. The molecule has 1 heterocycles. The summed E-state index contributed by atoms with van der Waals surface area (Å²) in [6.07, 6.45) is 0. The van der Waals surface area contributed by atoms with E-state index >= 15 is 0 Å². The lowest BCUT2D eigenvalue weighted by molar-refractivity contribution is 0.598. The van der Waals surface area contributed by atoms with Crippen LogP contribution in [0.2, 0.25) is 10.0 Å². The summed E-state index contributed by atoms with van der Waals surface area (Å²) in [6.45, 7) is 1.96. The van der Waals surface area contributed by atoms with Gasteiger partial charge in [0.1, 0.15) is 4.90 Å². The fourth-order valence-corrected chi connectivity index (χ4v) is 3.73. The number of nitrogens with one attached hydrogen (secondary N) is 3. The number of H-pyrrole nitrogens is 1. The molecule has 0 aliphatic carbocycles. The van der Waals surface area contributed by atoms with E-state index in [-0.39, 0.29) is 20.6 Å². The van der Waals surface area contributed by atoms with Crippen molar-refractivity contribution in [3.05, 3.63) is 39.6 Å². The van der Waals surface area contributed by atoms with Crippen molar-refractivity contribution < 1.29 is 8.42 Å². The first-order valence-corrected chi connectivity index (χ1v) is 8.26. The van der Waals surface area contributed by atoms with Crippen molar-refractivity contribution in [1.29, 1.82) is 0 Å². The van der Waals surface area contributed by atoms with Crippen LogP contribution < -0.4 is 10.0 Å². The second-order valence-corrected chi connectivity index (χ2v) is 6.77.